The fourth-order valence-corrected chi connectivity index (χ4v) is 0.673. The molecule has 0 amide bonds. The molecule has 0 radical (unpaired) electrons. The van der Waals surface area contributed by atoms with Gasteiger partial charge in [-0.2, -0.15) is 5.26 Å². The second-order valence-corrected chi connectivity index (χ2v) is 2.05. The van der Waals surface area contributed by atoms with E-state index in [0.717, 1.165) is 19.3 Å². The van der Waals surface area contributed by atoms with Gasteiger partial charge in [-0.1, -0.05) is 11.5 Å². The van der Waals surface area contributed by atoms with Gasteiger partial charge in [0.15, 0.2) is 6.19 Å². The van der Waals surface area contributed by atoms with E-state index in [1.54, 1.807) is 0 Å². The highest BCUT2D eigenvalue weighted by molar-refractivity contribution is 4.63. The molecule has 0 rings (SSSR count). The van der Waals surface area contributed by atoms with Crippen LogP contribution in [0.25, 0.3) is 10.4 Å². The van der Waals surface area contributed by atoms with Crippen LogP contribution >= 0.6 is 0 Å². The summed E-state index contributed by atoms with van der Waals surface area (Å²) in [5.74, 6) is 0. The van der Waals surface area contributed by atoms with Crippen molar-refractivity contribution in [1.82, 2.24) is 5.32 Å². The molecule has 5 heteroatoms. The molecule has 0 spiro atoms. The summed E-state index contributed by atoms with van der Waals surface area (Å²) in [6, 6.07) is 0. The van der Waals surface area contributed by atoms with Gasteiger partial charge in [-0.05, 0) is 18.4 Å². The van der Waals surface area contributed by atoms with Crippen LogP contribution in [-0.4, -0.2) is 13.1 Å². The first-order valence-electron chi connectivity index (χ1n) is 3.54. The SMILES string of the molecule is N#CNCCCCCN=[N+]=[N-]. The van der Waals surface area contributed by atoms with Crippen LogP contribution in [0.15, 0.2) is 5.11 Å². The Morgan fingerprint density at radius 2 is 2.27 bits per heavy atom. The molecule has 0 aromatic heterocycles. The maximum atomic E-state index is 8.08. The quantitative estimate of drug-likeness (QED) is 0.157. The molecule has 0 atom stereocenters. The second kappa shape index (κ2) is 8.60. The van der Waals surface area contributed by atoms with Gasteiger partial charge in [-0.15, -0.1) is 0 Å². The average Bonchev–Trinajstić information content (AvgIpc) is 2.03. The third-order valence-electron chi connectivity index (χ3n) is 1.20. The van der Waals surface area contributed by atoms with E-state index in [0.29, 0.717) is 13.1 Å². The Bertz CT molecular complexity index is 164. The van der Waals surface area contributed by atoms with E-state index in [2.05, 4.69) is 15.3 Å². The zero-order valence-corrected chi connectivity index (χ0v) is 6.32. The normalized spacial score (nSPS) is 7.91. The van der Waals surface area contributed by atoms with Crippen LogP contribution in [0.2, 0.25) is 0 Å². The number of nitrogens with one attached hydrogen (secondary N) is 1. The topological polar surface area (TPSA) is 84.6 Å². The molecule has 0 aliphatic heterocycles. The van der Waals surface area contributed by atoms with Crippen LogP contribution in [0.1, 0.15) is 19.3 Å². The summed E-state index contributed by atoms with van der Waals surface area (Å²) in [6.45, 7) is 1.27. The third kappa shape index (κ3) is 8.60. The van der Waals surface area contributed by atoms with E-state index >= 15 is 0 Å². The van der Waals surface area contributed by atoms with Crippen molar-refractivity contribution in [2.24, 2.45) is 5.11 Å². The summed E-state index contributed by atoms with van der Waals surface area (Å²) >= 11 is 0. The lowest BCUT2D eigenvalue weighted by Gasteiger charge is -1.95. The van der Waals surface area contributed by atoms with E-state index < -0.39 is 0 Å². The minimum absolute atomic E-state index is 0.559. The molecule has 0 aromatic rings. The van der Waals surface area contributed by atoms with Crippen molar-refractivity contribution >= 4 is 0 Å². The van der Waals surface area contributed by atoms with Crippen LogP contribution in [0.4, 0.5) is 0 Å². The zero-order valence-electron chi connectivity index (χ0n) is 6.32. The maximum absolute atomic E-state index is 8.08. The van der Waals surface area contributed by atoms with Gasteiger partial charge in [0, 0.05) is 18.0 Å². The van der Waals surface area contributed by atoms with Gasteiger partial charge in [0.25, 0.3) is 0 Å². The Balaban J connectivity index is 2.91. The fraction of sp³-hybridized carbons (Fsp3) is 0.833. The van der Waals surface area contributed by atoms with E-state index in [-0.39, 0.29) is 0 Å². The number of azide groups is 1. The molecule has 0 saturated carbocycles. The van der Waals surface area contributed by atoms with Gasteiger partial charge < -0.3 is 5.32 Å². The molecule has 1 N–H and O–H groups in total. The molecule has 0 saturated heterocycles. The Labute approximate surface area is 65.6 Å². The molecule has 0 bridgehead atoms. The van der Waals surface area contributed by atoms with Crippen LogP contribution in [-0.2, 0) is 0 Å². The highest BCUT2D eigenvalue weighted by Crippen LogP contribution is 1.93. The Morgan fingerprint density at radius 1 is 1.45 bits per heavy atom. The van der Waals surface area contributed by atoms with Crippen molar-refractivity contribution in [3.05, 3.63) is 10.4 Å². The molecule has 0 aliphatic carbocycles. The predicted molar refractivity (Wildman–Crippen MR) is 41.5 cm³/mol. The Kier molecular flexibility index (Phi) is 7.51. The molecule has 5 nitrogen and oxygen atoms in total. The number of unbranched alkanes of at least 4 members (excludes halogenated alkanes) is 2. The Morgan fingerprint density at radius 3 is 2.91 bits per heavy atom. The first kappa shape index (κ1) is 9.60. The second-order valence-electron chi connectivity index (χ2n) is 2.05. The van der Waals surface area contributed by atoms with Crippen molar-refractivity contribution < 1.29 is 0 Å². The van der Waals surface area contributed by atoms with Gasteiger partial charge in [-0.25, -0.2) is 0 Å². The summed E-state index contributed by atoms with van der Waals surface area (Å²) in [7, 11) is 0. The lowest BCUT2D eigenvalue weighted by Crippen LogP contribution is -2.06. The van der Waals surface area contributed by atoms with Crippen molar-refractivity contribution in [3.8, 4) is 6.19 Å². The van der Waals surface area contributed by atoms with Crippen LogP contribution < -0.4 is 5.32 Å². The summed E-state index contributed by atoms with van der Waals surface area (Å²) in [5, 5.41) is 14.0. The molecule has 0 fully saturated rings. The molecule has 0 unspecified atom stereocenters. The van der Waals surface area contributed by atoms with Gasteiger partial charge in [0.05, 0.1) is 0 Å². The summed E-state index contributed by atoms with van der Waals surface area (Å²) in [5.41, 5.74) is 7.91. The average molecular weight is 153 g/mol. The van der Waals surface area contributed by atoms with E-state index in [1.165, 1.54) is 0 Å². The smallest absolute Gasteiger partial charge is 0.176 e. The van der Waals surface area contributed by atoms with Crippen LogP contribution in [0, 0.1) is 11.5 Å². The van der Waals surface area contributed by atoms with Crippen molar-refractivity contribution in [3.63, 3.8) is 0 Å². The Hall–Kier alpha value is -1.40. The minimum atomic E-state index is 0.559. The fourth-order valence-electron chi connectivity index (χ4n) is 0.673. The predicted octanol–water partition coefficient (Wildman–Crippen LogP) is 1.54. The standard InChI is InChI=1S/C6H11N5/c7-6-9-4-2-1-3-5-10-11-8/h9H,1-5H2. The van der Waals surface area contributed by atoms with Gasteiger partial charge in [0.1, 0.15) is 0 Å². The minimum Gasteiger partial charge on any atom is -0.324 e. The molecule has 0 aromatic carbocycles. The molecule has 11 heavy (non-hydrogen) atoms. The molecule has 0 heterocycles. The lowest BCUT2D eigenvalue weighted by molar-refractivity contribution is 0.664. The van der Waals surface area contributed by atoms with E-state index in [4.69, 9.17) is 10.8 Å². The molecule has 0 aliphatic rings. The van der Waals surface area contributed by atoms with Crippen molar-refractivity contribution in [2.75, 3.05) is 13.1 Å². The number of nitriles is 1. The number of hydrogen-bond acceptors (Lipinski definition) is 3. The van der Waals surface area contributed by atoms with Crippen LogP contribution in [0.5, 0.6) is 0 Å². The highest BCUT2D eigenvalue weighted by atomic mass is 15.1. The monoisotopic (exact) mass is 153 g/mol. The largest absolute Gasteiger partial charge is 0.324 e. The summed E-state index contributed by atoms with van der Waals surface area (Å²) < 4.78 is 0. The first-order valence-corrected chi connectivity index (χ1v) is 3.54. The summed E-state index contributed by atoms with van der Waals surface area (Å²) in [6.07, 6.45) is 4.68. The molecular formula is C6H11N5. The van der Waals surface area contributed by atoms with Crippen molar-refractivity contribution in [1.29, 1.82) is 5.26 Å². The number of hydrogen-bond donors (Lipinski definition) is 1. The van der Waals surface area contributed by atoms with E-state index in [9.17, 15) is 0 Å². The van der Waals surface area contributed by atoms with Crippen LogP contribution in [0.3, 0.4) is 0 Å². The number of nitrogens with zero attached hydrogens (tertiary/aromatic N) is 4. The lowest BCUT2D eigenvalue weighted by atomic mass is 10.2. The first-order chi connectivity index (χ1) is 5.41. The molecular weight excluding hydrogens is 142 g/mol. The van der Waals surface area contributed by atoms with Gasteiger partial charge in [-0.3, -0.25) is 0 Å². The van der Waals surface area contributed by atoms with Crippen molar-refractivity contribution in [2.45, 2.75) is 19.3 Å². The summed E-state index contributed by atoms with van der Waals surface area (Å²) in [4.78, 5) is 2.63. The maximum Gasteiger partial charge on any atom is 0.176 e. The third-order valence-corrected chi connectivity index (χ3v) is 1.20. The highest BCUT2D eigenvalue weighted by Gasteiger charge is 1.86. The zero-order chi connectivity index (χ0) is 8.36. The van der Waals surface area contributed by atoms with Gasteiger partial charge >= 0.3 is 0 Å². The van der Waals surface area contributed by atoms with Gasteiger partial charge in [0.2, 0.25) is 0 Å². The number of rotatable bonds is 6. The molecule has 60 valence electrons. The van der Waals surface area contributed by atoms with E-state index in [1.807, 2.05) is 6.19 Å².